The van der Waals surface area contributed by atoms with Crippen LogP contribution in [0.4, 0.5) is 0 Å². The Labute approximate surface area is 208 Å². The lowest BCUT2D eigenvalue weighted by atomic mass is 9.94. The molecule has 0 radical (unpaired) electrons. The van der Waals surface area contributed by atoms with Gasteiger partial charge in [-0.3, -0.25) is 19.2 Å². The van der Waals surface area contributed by atoms with Gasteiger partial charge >= 0.3 is 5.97 Å². The van der Waals surface area contributed by atoms with Crippen LogP contribution in [0.5, 0.6) is 0 Å². The van der Waals surface area contributed by atoms with E-state index >= 15 is 0 Å². The Kier molecular flexibility index (Phi) is 6.88. The molecule has 5 atom stereocenters. The third-order valence-corrected chi connectivity index (χ3v) is 7.21. The highest BCUT2D eigenvalue weighted by Crippen LogP contribution is 2.24. The van der Waals surface area contributed by atoms with Crippen LogP contribution in [0.25, 0.3) is 10.8 Å². The van der Waals surface area contributed by atoms with E-state index in [0.29, 0.717) is 18.5 Å². The maximum absolute atomic E-state index is 13.8. The maximum Gasteiger partial charge on any atom is 0.310 e. The normalized spacial score (nSPS) is 28.6. The first-order chi connectivity index (χ1) is 17.4. The SMILES string of the molecule is O=C1CC(NC(=O)C2CNCC3CCCCC(NC(=O)c4ccc5ccccc5c4)C(=O)N32)C(O)O1. The van der Waals surface area contributed by atoms with Crippen LogP contribution in [-0.4, -0.2) is 77.2 Å². The number of rotatable bonds is 4. The summed E-state index contributed by atoms with van der Waals surface area (Å²) >= 11 is 0. The Hall–Kier alpha value is -3.50. The molecule has 2 aromatic rings. The average Bonchev–Trinajstić information content (AvgIpc) is 3.19. The molecule has 4 N–H and O–H groups in total. The Bertz CT molecular complexity index is 1190. The van der Waals surface area contributed by atoms with Gasteiger partial charge < -0.3 is 30.7 Å². The van der Waals surface area contributed by atoms with E-state index in [2.05, 4.69) is 16.0 Å². The van der Waals surface area contributed by atoms with Gasteiger partial charge in [-0.05, 0) is 35.7 Å². The lowest BCUT2D eigenvalue weighted by molar-refractivity contribution is -0.156. The molecule has 3 heterocycles. The number of aliphatic hydroxyl groups excluding tert-OH is 1. The molecule has 0 aromatic heterocycles. The molecule has 2 aromatic carbocycles. The zero-order chi connectivity index (χ0) is 25.2. The van der Waals surface area contributed by atoms with E-state index in [0.717, 1.165) is 30.0 Å². The second kappa shape index (κ2) is 10.2. The molecule has 3 fully saturated rings. The van der Waals surface area contributed by atoms with E-state index in [1.165, 1.54) is 0 Å². The summed E-state index contributed by atoms with van der Waals surface area (Å²) in [7, 11) is 0. The van der Waals surface area contributed by atoms with Crippen molar-refractivity contribution < 1.29 is 29.0 Å². The lowest BCUT2D eigenvalue weighted by Gasteiger charge is -2.44. The van der Waals surface area contributed by atoms with Gasteiger partial charge in [0, 0.05) is 24.7 Å². The van der Waals surface area contributed by atoms with Crippen molar-refractivity contribution in [1.29, 1.82) is 0 Å². The van der Waals surface area contributed by atoms with Crippen LogP contribution in [0.15, 0.2) is 42.5 Å². The van der Waals surface area contributed by atoms with Gasteiger partial charge in [0.05, 0.1) is 6.42 Å². The molecule has 190 valence electrons. The van der Waals surface area contributed by atoms with Crippen LogP contribution < -0.4 is 16.0 Å². The second-order valence-electron chi connectivity index (χ2n) is 9.65. The molecule has 36 heavy (non-hydrogen) atoms. The third kappa shape index (κ3) is 4.91. The molecular weight excluding hydrogens is 464 g/mol. The first-order valence-corrected chi connectivity index (χ1v) is 12.4. The quantitative estimate of drug-likeness (QED) is 0.453. The number of carbonyl (C=O) groups excluding carboxylic acids is 4. The molecule has 5 unspecified atom stereocenters. The summed E-state index contributed by atoms with van der Waals surface area (Å²) in [6, 6.07) is 10.5. The molecule has 5 rings (SSSR count). The number of fused-ring (bicyclic) bond motifs is 2. The first-order valence-electron chi connectivity index (χ1n) is 12.4. The number of aliphatic hydroxyl groups is 1. The van der Waals surface area contributed by atoms with Gasteiger partial charge in [-0.15, -0.1) is 0 Å². The number of amides is 3. The number of benzene rings is 2. The van der Waals surface area contributed by atoms with Crippen molar-refractivity contribution >= 4 is 34.5 Å². The highest BCUT2D eigenvalue weighted by atomic mass is 16.6. The van der Waals surface area contributed by atoms with Gasteiger partial charge in [-0.25, -0.2) is 0 Å². The molecule has 0 spiro atoms. The van der Waals surface area contributed by atoms with Crippen molar-refractivity contribution in [2.75, 3.05) is 13.1 Å². The van der Waals surface area contributed by atoms with Crippen molar-refractivity contribution in [3.05, 3.63) is 48.0 Å². The van der Waals surface area contributed by atoms with Crippen LogP contribution in [0.3, 0.4) is 0 Å². The molecular formula is C26H30N4O6. The number of ether oxygens (including phenoxy) is 1. The Morgan fingerprint density at radius 3 is 2.56 bits per heavy atom. The lowest BCUT2D eigenvalue weighted by Crippen LogP contribution is -2.67. The van der Waals surface area contributed by atoms with Crippen molar-refractivity contribution in [2.24, 2.45) is 0 Å². The summed E-state index contributed by atoms with van der Waals surface area (Å²) in [4.78, 5) is 53.1. The van der Waals surface area contributed by atoms with E-state index < -0.39 is 36.3 Å². The highest BCUT2D eigenvalue weighted by Gasteiger charge is 2.43. The predicted octanol–water partition coefficient (Wildman–Crippen LogP) is 0.431. The molecule has 3 amide bonds. The number of hydrogen-bond acceptors (Lipinski definition) is 7. The standard InChI is InChI=1S/C26H30N4O6/c31-22-12-20(26(35)36-22)29-24(33)21-14-27-13-18-7-3-4-8-19(25(34)30(18)21)28-23(32)17-10-9-15-5-1-2-6-16(15)11-17/h1-2,5-6,9-11,18-21,26-27,35H,3-4,7-8,12-14H2,(H,28,32)(H,29,33). The van der Waals surface area contributed by atoms with Gasteiger partial charge in [-0.2, -0.15) is 0 Å². The minimum Gasteiger partial charge on any atom is -0.434 e. The number of esters is 1. The van der Waals surface area contributed by atoms with E-state index in [1.54, 1.807) is 17.0 Å². The van der Waals surface area contributed by atoms with Gasteiger partial charge in [0.1, 0.15) is 18.1 Å². The van der Waals surface area contributed by atoms with Gasteiger partial charge in [0.15, 0.2) is 0 Å². The fourth-order valence-electron chi connectivity index (χ4n) is 5.32. The highest BCUT2D eigenvalue weighted by molar-refractivity contribution is 6.01. The monoisotopic (exact) mass is 494 g/mol. The van der Waals surface area contributed by atoms with Crippen LogP contribution in [0.1, 0.15) is 42.5 Å². The van der Waals surface area contributed by atoms with Gasteiger partial charge in [-0.1, -0.05) is 43.2 Å². The maximum atomic E-state index is 13.8. The Morgan fingerprint density at radius 1 is 1.00 bits per heavy atom. The van der Waals surface area contributed by atoms with Crippen LogP contribution in [-0.2, 0) is 19.1 Å². The average molecular weight is 495 g/mol. The fraction of sp³-hybridized carbons (Fsp3) is 0.462. The minimum absolute atomic E-state index is 0.130. The molecule has 3 aliphatic rings. The summed E-state index contributed by atoms with van der Waals surface area (Å²) in [6.07, 6.45) is 1.31. The molecule has 0 bridgehead atoms. The van der Waals surface area contributed by atoms with E-state index in [1.807, 2.05) is 30.3 Å². The summed E-state index contributed by atoms with van der Waals surface area (Å²) in [6.45, 7) is 0.783. The third-order valence-electron chi connectivity index (χ3n) is 7.21. The molecule has 3 saturated heterocycles. The molecule has 3 aliphatic heterocycles. The van der Waals surface area contributed by atoms with Crippen LogP contribution in [0, 0.1) is 0 Å². The number of carbonyl (C=O) groups is 4. The molecule has 10 nitrogen and oxygen atoms in total. The van der Waals surface area contributed by atoms with E-state index in [-0.39, 0.29) is 30.8 Å². The number of cyclic esters (lactones) is 1. The van der Waals surface area contributed by atoms with Gasteiger partial charge in [0.2, 0.25) is 18.1 Å². The second-order valence-corrected chi connectivity index (χ2v) is 9.65. The van der Waals surface area contributed by atoms with E-state index in [9.17, 15) is 24.3 Å². The van der Waals surface area contributed by atoms with Crippen molar-refractivity contribution in [3.63, 3.8) is 0 Å². The van der Waals surface area contributed by atoms with Crippen molar-refractivity contribution in [1.82, 2.24) is 20.9 Å². The fourth-order valence-corrected chi connectivity index (χ4v) is 5.32. The molecule has 0 aliphatic carbocycles. The molecule has 10 heteroatoms. The summed E-state index contributed by atoms with van der Waals surface area (Å²) in [5.74, 6) is -1.69. The number of nitrogens with zero attached hydrogens (tertiary/aromatic N) is 1. The summed E-state index contributed by atoms with van der Waals surface area (Å²) in [5.41, 5.74) is 0.467. The predicted molar refractivity (Wildman–Crippen MR) is 130 cm³/mol. The minimum atomic E-state index is -1.41. The van der Waals surface area contributed by atoms with E-state index in [4.69, 9.17) is 4.74 Å². The summed E-state index contributed by atoms with van der Waals surface area (Å²) in [5, 5.41) is 20.6. The summed E-state index contributed by atoms with van der Waals surface area (Å²) < 4.78 is 4.71. The largest absolute Gasteiger partial charge is 0.434 e. The first kappa shape index (κ1) is 24.2. The van der Waals surface area contributed by atoms with Gasteiger partial charge in [0.25, 0.3) is 5.91 Å². The van der Waals surface area contributed by atoms with Crippen LogP contribution in [0.2, 0.25) is 0 Å². The number of hydrogen-bond donors (Lipinski definition) is 4. The zero-order valence-corrected chi connectivity index (χ0v) is 19.8. The topological polar surface area (TPSA) is 137 Å². The Balaban J connectivity index is 1.33. The molecule has 0 saturated carbocycles. The van der Waals surface area contributed by atoms with Crippen LogP contribution >= 0.6 is 0 Å². The number of nitrogens with one attached hydrogen (secondary N) is 3. The van der Waals surface area contributed by atoms with Crippen molar-refractivity contribution in [3.8, 4) is 0 Å². The smallest absolute Gasteiger partial charge is 0.310 e. The number of piperazine rings is 1. The zero-order valence-electron chi connectivity index (χ0n) is 19.8. The van der Waals surface area contributed by atoms with Crippen molar-refractivity contribution in [2.45, 2.75) is 62.6 Å². The Morgan fingerprint density at radius 2 is 1.78 bits per heavy atom.